The predicted octanol–water partition coefficient (Wildman–Crippen LogP) is 2.02. The summed E-state index contributed by atoms with van der Waals surface area (Å²) in [6.45, 7) is 7.78. The van der Waals surface area contributed by atoms with Crippen molar-refractivity contribution >= 4 is 0 Å². The van der Waals surface area contributed by atoms with Crippen LogP contribution in [-0.4, -0.2) is 49.8 Å². The molecule has 1 aliphatic carbocycles. The summed E-state index contributed by atoms with van der Waals surface area (Å²) in [7, 11) is 0. The third-order valence-corrected chi connectivity index (χ3v) is 4.27. The number of likely N-dealkylation sites (N-methyl/N-ethyl adjacent to an activating group) is 1. The van der Waals surface area contributed by atoms with Crippen LogP contribution in [0.25, 0.3) is 0 Å². The van der Waals surface area contributed by atoms with E-state index in [0.717, 1.165) is 32.3 Å². The largest absolute Gasteiger partial charge is 0.377 e. The fourth-order valence-corrected chi connectivity index (χ4v) is 3.17. The van der Waals surface area contributed by atoms with E-state index < -0.39 is 0 Å². The quantitative estimate of drug-likeness (QED) is 0.769. The van der Waals surface area contributed by atoms with Crippen molar-refractivity contribution in [1.82, 2.24) is 10.2 Å². The van der Waals surface area contributed by atoms with E-state index in [-0.39, 0.29) is 0 Å². The average Bonchev–Trinajstić information content (AvgIpc) is 2.90. The van der Waals surface area contributed by atoms with Crippen LogP contribution in [0.4, 0.5) is 0 Å². The van der Waals surface area contributed by atoms with Crippen molar-refractivity contribution in [2.45, 2.75) is 57.6 Å². The Bertz CT molecular complexity index is 198. The van der Waals surface area contributed by atoms with Crippen LogP contribution in [0.3, 0.4) is 0 Å². The second kappa shape index (κ2) is 7.34. The summed E-state index contributed by atoms with van der Waals surface area (Å²) in [6, 6.07) is 0.844. The standard InChI is InChI=1S/C14H28N2O/c1-2-16(13-5-3-4-6-13)11-12-17-14-7-9-15-10-8-14/h13-15H,2-12H2,1H3. The molecule has 1 aliphatic heterocycles. The Labute approximate surface area is 106 Å². The Hall–Kier alpha value is -0.120. The summed E-state index contributed by atoms with van der Waals surface area (Å²) >= 11 is 0. The lowest BCUT2D eigenvalue weighted by Gasteiger charge is -2.29. The van der Waals surface area contributed by atoms with Gasteiger partial charge in [0.25, 0.3) is 0 Å². The zero-order valence-electron chi connectivity index (χ0n) is 11.3. The molecule has 3 heteroatoms. The van der Waals surface area contributed by atoms with Gasteiger partial charge in [0, 0.05) is 12.6 Å². The Balaban J connectivity index is 1.61. The van der Waals surface area contributed by atoms with Gasteiger partial charge in [0.1, 0.15) is 0 Å². The zero-order chi connectivity index (χ0) is 11.9. The van der Waals surface area contributed by atoms with Crippen molar-refractivity contribution in [3.63, 3.8) is 0 Å². The highest BCUT2D eigenvalue weighted by Crippen LogP contribution is 2.23. The molecule has 2 fully saturated rings. The van der Waals surface area contributed by atoms with Crippen molar-refractivity contribution in [3.05, 3.63) is 0 Å². The minimum Gasteiger partial charge on any atom is -0.377 e. The molecule has 0 radical (unpaired) electrons. The van der Waals surface area contributed by atoms with Crippen molar-refractivity contribution in [3.8, 4) is 0 Å². The number of hydrogen-bond donors (Lipinski definition) is 1. The van der Waals surface area contributed by atoms with Gasteiger partial charge in [-0.2, -0.15) is 0 Å². The smallest absolute Gasteiger partial charge is 0.0600 e. The molecule has 0 bridgehead atoms. The van der Waals surface area contributed by atoms with Crippen LogP contribution in [-0.2, 0) is 4.74 Å². The van der Waals surface area contributed by atoms with Gasteiger partial charge < -0.3 is 10.1 Å². The summed E-state index contributed by atoms with van der Waals surface area (Å²) in [5, 5.41) is 3.38. The molecule has 0 spiro atoms. The monoisotopic (exact) mass is 240 g/mol. The maximum atomic E-state index is 5.99. The van der Waals surface area contributed by atoms with Gasteiger partial charge in [-0.25, -0.2) is 0 Å². The summed E-state index contributed by atoms with van der Waals surface area (Å²) in [6.07, 6.45) is 8.55. The topological polar surface area (TPSA) is 24.5 Å². The van der Waals surface area contributed by atoms with Gasteiger partial charge in [0.05, 0.1) is 12.7 Å². The highest BCUT2D eigenvalue weighted by atomic mass is 16.5. The van der Waals surface area contributed by atoms with E-state index in [2.05, 4.69) is 17.1 Å². The molecule has 3 nitrogen and oxygen atoms in total. The highest BCUT2D eigenvalue weighted by Gasteiger charge is 2.21. The molecule has 0 aromatic carbocycles. The van der Waals surface area contributed by atoms with Crippen LogP contribution >= 0.6 is 0 Å². The minimum atomic E-state index is 0.513. The number of hydrogen-bond acceptors (Lipinski definition) is 3. The molecule has 0 atom stereocenters. The molecule has 0 aromatic heterocycles. The van der Waals surface area contributed by atoms with Crippen LogP contribution in [0.15, 0.2) is 0 Å². The number of rotatable bonds is 6. The van der Waals surface area contributed by atoms with Crippen LogP contribution in [0.5, 0.6) is 0 Å². The molecule has 2 rings (SSSR count). The number of nitrogens with one attached hydrogen (secondary N) is 1. The molecule has 17 heavy (non-hydrogen) atoms. The van der Waals surface area contributed by atoms with Crippen LogP contribution in [0, 0.1) is 0 Å². The molecule has 100 valence electrons. The first kappa shape index (κ1) is 13.3. The van der Waals surface area contributed by atoms with E-state index in [4.69, 9.17) is 4.74 Å². The SMILES string of the molecule is CCN(CCOC1CCNCC1)C1CCCC1. The van der Waals surface area contributed by atoms with E-state index in [0.29, 0.717) is 6.10 Å². The van der Waals surface area contributed by atoms with Crippen LogP contribution in [0.2, 0.25) is 0 Å². The molecule has 1 N–H and O–H groups in total. The summed E-state index contributed by atoms with van der Waals surface area (Å²) in [4.78, 5) is 2.62. The highest BCUT2D eigenvalue weighted by molar-refractivity contribution is 4.77. The van der Waals surface area contributed by atoms with Gasteiger partial charge >= 0.3 is 0 Å². The number of ether oxygens (including phenoxy) is 1. The zero-order valence-corrected chi connectivity index (χ0v) is 11.3. The molecule has 0 amide bonds. The predicted molar refractivity (Wildman–Crippen MR) is 71.3 cm³/mol. The van der Waals surface area contributed by atoms with Gasteiger partial charge in [-0.1, -0.05) is 19.8 Å². The maximum absolute atomic E-state index is 5.99. The Kier molecular flexibility index (Phi) is 5.75. The van der Waals surface area contributed by atoms with Crippen LogP contribution in [0.1, 0.15) is 45.4 Å². The van der Waals surface area contributed by atoms with Gasteiger partial charge in [0.2, 0.25) is 0 Å². The summed E-state index contributed by atoms with van der Waals surface area (Å²) in [5.74, 6) is 0. The van der Waals surface area contributed by atoms with Gasteiger partial charge in [0.15, 0.2) is 0 Å². The Morgan fingerprint density at radius 1 is 1.12 bits per heavy atom. The van der Waals surface area contributed by atoms with Crippen molar-refractivity contribution in [2.24, 2.45) is 0 Å². The number of nitrogens with zero attached hydrogens (tertiary/aromatic N) is 1. The molecule has 2 aliphatic rings. The van der Waals surface area contributed by atoms with E-state index in [9.17, 15) is 0 Å². The summed E-state index contributed by atoms with van der Waals surface area (Å²) in [5.41, 5.74) is 0. The van der Waals surface area contributed by atoms with Gasteiger partial charge in [-0.15, -0.1) is 0 Å². The second-order valence-corrected chi connectivity index (χ2v) is 5.39. The molecule has 1 heterocycles. The van der Waals surface area contributed by atoms with Crippen molar-refractivity contribution in [1.29, 1.82) is 0 Å². The maximum Gasteiger partial charge on any atom is 0.0600 e. The van der Waals surface area contributed by atoms with E-state index in [1.54, 1.807) is 0 Å². The molecule has 1 saturated carbocycles. The van der Waals surface area contributed by atoms with E-state index in [1.165, 1.54) is 45.1 Å². The van der Waals surface area contributed by atoms with Crippen LogP contribution < -0.4 is 5.32 Å². The molecular weight excluding hydrogens is 212 g/mol. The lowest BCUT2D eigenvalue weighted by molar-refractivity contribution is 0.0151. The first-order chi connectivity index (χ1) is 8.40. The Morgan fingerprint density at radius 2 is 1.82 bits per heavy atom. The fraction of sp³-hybridized carbons (Fsp3) is 1.00. The van der Waals surface area contributed by atoms with E-state index >= 15 is 0 Å². The fourth-order valence-electron chi connectivity index (χ4n) is 3.17. The molecule has 1 saturated heterocycles. The third kappa shape index (κ3) is 4.23. The number of piperidine rings is 1. The first-order valence-corrected chi connectivity index (χ1v) is 7.46. The normalized spacial score (nSPS) is 23.6. The van der Waals surface area contributed by atoms with Gasteiger partial charge in [-0.3, -0.25) is 4.90 Å². The minimum absolute atomic E-state index is 0.513. The van der Waals surface area contributed by atoms with Gasteiger partial charge in [-0.05, 0) is 45.3 Å². The molecule has 0 unspecified atom stereocenters. The average molecular weight is 240 g/mol. The first-order valence-electron chi connectivity index (χ1n) is 7.46. The van der Waals surface area contributed by atoms with E-state index in [1.807, 2.05) is 0 Å². The Morgan fingerprint density at radius 3 is 2.47 bits per heavy atom. The van der Waals surface area contributed by atoms with Crippen molar-refractivity contribution in [2.75, 3.05) is 32.8 Å². The molecule has 0 aromatic rings. The lowest BCUT2D eigenvalue weighted by Crippen LogP contribution is -2.38. The lowest BCUT2D eigenvalue weighted by atomic mass is 10.1. The second-order valence-electron chi connectivity index (χ2n) is 5.39. The third-order valence-electron chi connectivity index (χ3n) is 4.27. The van der Waals surface area contributed by atoms with Crippen molar-refractivity contribution < 1.29 is 4.74 Å². The molecular formula is C14H28N2O. The summed E-state index contributed by atoms with van der Waals surface area (Å²) < 4.78 is 5.99.